The highest BCUT2D eigenvalue weighted by atomic mass is 35.5. The number of nitrogens with one attached hydrogen (secondary N) is 2. The van der Waals surface area contributed by atoms with Crippen molar-refractivity contribution in [1.82, 2.24) is 0 Å². The molecule has 24 heavy (non-hydrogen) atoms. The fourth-order valence-corrected chi connectivity index (χ4v) is 2.15. The van der Waals surface area contributed by atoms with Crippen LogP contribution >= 0.6 is 11.6 Å². The average molecular weight is 342 g/mol. The molecule has 0 unspecified atom stereocenters. The molecule has 0 saturated heterocycles. The van der Waals surface area contributed by atoms with Crippen LogP contribution in [-0.4, -0.2) is 12.7 Å². The van der Waals surface area contributed by atoms with Crippen molar-refractivity contribution >= 4 is 28.9 Å². The average Bonchev–Trinajstić information content (AvgIpc) is 3.05. The first-order chi connectivity index (χ1) is 11.7. The van der Waals surface area contributed by atoms with Gasteiger partial charge in [-0.05, 0) is 36.4 Å². The predicted molar refractivity (Wildman–Crippen MR) is 90.0 cm³/mol. The molecule has 0 bridgehead atoms. The largest absolute Gasteiger partial charge is 0.454 e. The van der Waals surface area contributed by atoms with E-state index in [4.69, 9.17) is 26.3 Å². The van der Waals surface area contributed by atoms with Gasteiger partial charge in [-0.1, -0.05) is 11.6 Å². The highest BCUT2D eigenvalue weighted by molar-refractivity contribution is 6.30. The number of hydrogen-bond donors (Lipinski definition) is 2. The van der Waals surface area contributed by atoms with Crippen molar-refractivity contribution < 1.29 is 14.3 Å². The van der Waals surface area contributed by atoms with Crippen LogP contribution in [0.1, 0.15) is 0 Å². The number of hydrogen-bond acceptors (Lipinski definition) is 5. The van der Waals surface area contributed by atoms with E-state index in [0.717, 1.165) is 0 Å². The van der Waals surface area contributed by atoms with Crippen LogP contribution in [-0.2, 0) is 4.79 Å². The Hall–Kier alpha value is -3.17. The van der Waals surface area contributed by atoms with E-state index >= 15 is 0 Å². The van der Waals surface area contributed by atoms with E-state index in [1.165, 1.54) is 6.20 Å². The highest BCUT2D eigenvalue weighted by Crippen LogP contribution is 2.34. The Labute approximate surface area is 143 Å². The SMILES string of the molecule is N#C/C(=C/Nc1ccc2c(c1)OCO2)C(=O)Nc1ccc(Cl)cc1. The minimum atomic E-state index is -0.520. The number of amides is 1. The molecule has 7 heteroatoms. The van der Waals surface area contributed by atoms with Gasteiger partial charge in [0.05, 0.1) is 0 Å². The molecule has 0 spiro atoms. The van der Waals surface area contributed by atoms with E-state index in [1.807, 2.05) is 6.07 Å². The molecule has 0 saturated carbocycles. The summed E-state index contributed by atoms with van der Waals surface area (Å²) >= 11 is 5.79. The molecule has 3 rings (SSSR count). The molecule has 1 amide bonds. The molecule has 0 aliphatic carbocycles. The van der Waals surface area contributed by atoms with Crippen LogP contribution in [0.3, 0.4) is 0 Å². The molecule has 2 aromatic carbocycles. The smallest absolute Gasteiger partial charge is 0.267 e. The molecule has 2 N–H and O–H groups in total. The van der Waals surface area contributed by atoms with Crippen LogP contribution in [0.15, 0.2) is 54.2 Å². The molecule has 1 heterocycles. The van der Waals surface area contributed by atoms with Crippen LogP contribution in [0.25, 0.3) is 0 Å². The van der Waals surface area contributed by atoms with Crippen molar-refractivity contribution in [3.8, 4) is 17.6 Å². The third kappa shape index (κ3) is 3.59. The maximum atomic E-state index is 12.1. The van der Waals surface area contributed by atoms with Gasteiger partial charge in [0.25, 0.3) is 5.91 Å². The second-order valence-corrected chi connectivity index (χ2v) is 5.28. The van der Waals surface area contributed by atoms with E-state index in [0.29, 0.717) is 27.9 Å². The van der Waals surface area contributed by atoms with E-state index in [1.54, 1.807) is 42.5 Å². The van der Waals surface area contributed by atoms with Gasteiger partial charge in [0.2, 0.25) is 6.79 Å². The zero-order valence-corrected chi connectivity index (χ0v) is 13.1. The van der Waals surface area contributed by atoms with E-state index in [2.05, 4.69) is 10.6 Å². The lowest BCUT2D eigenvalue weighted by molar-refractivity contribution is -0.112. The van der Waals surface area contributed by atoms with Gasteiger partial charge in [-0.15, -0.1) is 0 Å². The first-order valence-corrected chi connectivity index (χ1v) is 7.37. The molecule has 0 fully saturated rings. The highest BCUT2D eigenvalue weighted by Gasteiger charge is 2.13. The third-order valence-electron chi connectivity index (χ3n) is 3.22. The quantitative estimate of drug-likeness (QED) is 0.656. The predicted octanol–water partition coefficient (Wildman–Crippen LogP) is 3.53. The minimum Gasteiger partial charge on any atom is -0.454 e. The normalized spacial score (nSPS) is 12.4. The van der Waals surface area contributed by atoms with Gasteiger partial charge in [0, 0.05) is 28.7 Å². The number of ether oxygens (including phenoxy) is 2. The lowest BCUT2D eigenvalue weighted by atomic mass is 10.2. The van der Waals surface area contributed by atoms with Gasteiger partial charge < -0.3 is 20.1 Å². The zero-order valence-electron chi connectivity index (χ0n) is 12.4. The van der Waals surface area contributed by atoms with Crippen LogP contribution in [0, 0.1) is 11.3 Å². The van der Waals surface area contributed by atoms with Crippen molar-refractivity contribution in [3.63, 3.8) is 0 Å². The summed E-state index contributed by atoms with van der Waals surface area (Å²) in [5.74, 6) is 0.746. The maximum absolute atomic E-state index is 12.1. The van der Waals surface area contributed by atoms with Crippen LogP contribution in [0.4, 0.5) is 11.4 Å². The Balaban J connectivity index is 1.68. The summed E-state index contributed by atoms with van der Waals surface area (Å²) in [6.07, 6.45) is 1.34. The van der Waals surface area contributed by atoms with Gasteiger partial charge in [-0.25, -0.2) is 0 Å². The van der Waals surface area contributed by atoms with Gasteiger partial charge >= 0.3 is 0 Å². The van der Waals surface area contributed by atoms with Gasteiger partial charge in [0.15, 0.2) is 11.5 Å². The molecule has 0 aromatic heterocycles. The van der Waals surface area contributed by atoms with Crippen molar-refractivity contribution in [1.29, 1.82) is 5.26 Å². The number of carbonyl (C=O) groups is 1. The third-order valence-corrected chi connectivity index (χ3v) is 3.47. The number of benzene rings is 2. The number of fused-ring (bicyclic) bond motifs is 1. The first kappa shape index (κ1) is 15.7. The Morgan fingerprint density at radius 3 is 2.58 bits per heavy atom. The Morgan fingerprint density at radius 1 is 1.12 bits per heavy atom. The lowest BCUT2D eigenvalue weighted by Gasteiger charge is -2.06. The number of halogens is 1. The summed E-state index contributed by atoms with van der Waals surface area (Å²) in [6.45, 7) is 0.182. The second-order valence-electron chi connectivity index (χ2n) is 4.84. The topological polar surface area (TPSA) is 83.4 Å². The summed E-state index contributed by atoms with van der Waals surface area (Å²) < 4.78 is 10.5. The monoisotopic (exact) mass is 341 g/mol. The summed E-state index contributed by atoms with van der Waals surface area (Å²) in [5.41, 5.74) is 1.16. The summed E-state index contributed by atoms with van der Waals surface area (Å²) in [6, 6.07) is 13.7. The minimum absolute atomic E-state index is 0.0670. The maximum Gasteiger partial charge on any atom is 0.267 e. The molecule has 0 radical (unpaired) electrons. The molecule has 6 nitrogen and oxygen atoms in total. The van der Waals surface area contributed by atoms with Gasteiger partial charge in [-0.2, -0.15) is 5.26 Å². The van der Waals surface area contributed by atoms with Crippen LogP contribution < -0.4 is 20.1 Å². The molecular formula is C17H12ClN3O3. The first-order valence-electron chi connectivity index (χ1n) is 6.99. The van der Waals surface area contributed by atoms with Gasteiger partial charge in [0.1, 0.15) is 11.6 Å². The molecular weight excluding hydrogens is 330 g/mol. The van der Waals surface area contributed by atoms with Crippen molar-refractivity contribution in [2.45, 2.75) is 0 Å². The van der Waals surface area contributed by atoms with Crippen molar-refractivity contribution in [3.05, 3.63) is 59.3 Å². The fourth-order valence-electron chi connectivity index (χ4n) is 2.02. The summed E-state index contributed by atoms with van der Waals surface area (Å²) in [4.78, 5) is 12.1. The molecule has 1 aliphatic heterocycles. The molecule has 1 aliphatic rings. The Bertz CT molecular complexity index is 841. The van der Waals surface area contributed by atoms with Crippen LogP contribution in [0.5, 0.6) is 11.5 Å². The molecule has 0 atom stereocenters. The number of nitrogens with zero attached hydrogens (tertiary/aromatic N) is 1. The summed E-state index contributed by atoms with van der Waals surface area (Å²) in [5, 5.41) is 15.3. The molecule has 120 valence electrons. The van der Waals surface area contributed by atoms with Crippen molar-refractivity contribution in [2.24, 2.45) is 0 Å². The number of nitriles is 1. The Kier molecular flexibility index (Phi) is 4.54. The van der Waals surface area contributed by atoms with E-state index in [9.17, 15) is 4.79 Å². The van der Waals surface area contributed by atoms with Crippen LogP contribution in [0.2, 0.25) is 5.02 Å². The van der Waals surface area contributed by atoms with Gasteiger partial charge in [-0.3, -0.25) is 4.79 Å². The fraction of sp³-hybridized carbons (Fsp3) is 0.0588. The number of anilines is 2. The Morgan fingerprint density at radius 2 is 1.83 bits per heavy atom. The second kappa shape index (κ2) is 6.94. The zero-order chi connectivity index (χ0) is 16.9. The molecule has 2 aromatic rings. The van der Waals surface area contributed by atoms with Crippen molar-refractivity contribution in [2.75, 3.05) is 17.4 Å². The van der Waals surface area contributed by atoms with E-state index < -0.39 is 5.91 Å². The van der Waals surface area contributed by atoms with E-state index in [-0.39, 0.29) is 12.4 Å². The lowest BCUT2D eigenvalue weighted by Crippen LogP contribution is -2.14. The number of carbonyl (C=O) groups excluding carboxylic acids is 1. The number of rotatable bonds is 4. The summed E-state index contributed by atoms with van der Waals surface area (Å²) in [7, 11) is 0. The standard InChI is InChI=1S/C17H12ClN3O3/c18-12-1-3-13(4-2-12)21-17(22)11(8-19)9-20-14-5-6-15-16(7-14)24-10-23-15/h1-7,9,20H,10H2,(H,21,22)/b11-9-.